The third kappa shape index (κ3) is 3.36. The summed E-state index contributed by atoms with van der Waals surface area (Å²) in [5, 5.41) is 16.5. The minimum absolute atomic E-state index is 0.145. The molecule has 2 amide bonds. The highest BCUT2D eigenvalue weighted by atomic mass is 35.5. The smallest absolute Gasteiger partial charge is 0.255 e. The molecule has 7 heteroatoms. The zero-order valence-corrected chi connectivity index (χ0v) is 17.1. The van der Waals surface area contributed by atoms with Crippen molar-refractivity contribution in [3.63, 3.8) is 0 Å². The molecule has 3 aromatic carbocycles. The van der Waals surface area contributed by atoms with Gasteiger partial charge in [0.2, 0.25) is 0 Å². The minimum Gasteiger partial charge on any atom is -0.392 e. The first kappa shape index (κ1) is 19.4. The molecule has 4 N–H and O–H groups in total. The van der Waals surface area contributed by atoms with Gasteiger partial charge in [-0.1, -0.05) is 35.9 Å². The van der Waals surface area contributed by atoms with E-state index in [0.29, 0.717) is 33.9 Å². The maximum atomic E-state index is 12.8. The van der Waals surface area contributed by atoms with E-state index in [1.54, 1.807) is 36.4 Å². The minimum atomic E-state index is -0.266. The van der Waals surface area contributed by atoms with Gasteiger partial charge in [0.15, 0.2) is 0 Å². The molecule has 0 fully saturated rings. The van der Waals surface area contributed by atoms with Crippen molar-refractivity contribution in [2.75, 3.05) is 5.32 Å². The van der Waals surface area contributed by atoms with Crippen LogP contribution in [0.25, 0.3) is 22.2 Å². The molecule has 0 unspecified atom stereocenters. The van der Waals surface area contributed by atoms with E-state index in [2.05, 4.69) is 15.6 Å². The van der Waals surface area contributed by atoms with Gasteiger partial charge in [-0.25, -0.2) is 0 Å². The number of aliphatic hydroxyl groups excluding tert-OH is 1. The fourth-order valence-electron chi connectivity index (χ4n) is 3.93. The van der Waals surface area contributed by atoms with Gasteiger partial charge in [0.05, 0.1) is 12.2 Å². The van der Waals surface area contributed by atoms with E-state index in [0.717, 1.165) is 27.7 Å². The van der Waals surface area contributed by atoms with E-state index in [9.17, 15) is 14.7 Å². The van der Waals surface area contributed by atoms with Crippen LogP contribution < -0.4 is 10.6 Å². The number of carbonyl (C=O) groups is 2. The molecule has 0 saturated heterocycles. The summed E-state index contributed by atoms with van der Waals surface area (Å²) >= 11 is 6.25. The Morgan fingerprint density at radius 2 is 1.94 bits per heavy atom. The second-order valence-electron chi connectivity index (χ2n) is 7.39. The lowest BCUT2D eigenvalue weighted by Gasteiger charge is -2.09. The average molecular weight is 432 g/mol. The van der Waals surface area contributed by atoms with Gasteiger partial charge in [0.25, 0.3) is 11.8 Å². The number of amides is 2. The Balaban J connectivity index is 1.50. The van der Waals surface area contributed by atoms with E-state index in [4.69, 9.17) is 11.6 Å². The lowest BCUT2D eigenvalue weighted by molar-refractivity contribution is 0.0965. The van der Waals surface area contributed by atoms with Crippen molar-refractivity contribution in [1.82, 2.24) is 10.3 Å². The van der Waals surface area contributed by atoms with Crippen LogP contribution in [0.15, 0.2) is 60.7 Å². The Morgan fingerprint density at radius 3 is 2.77 bits per heavy atom. The van der Waals surface area contributed by atoms with Crippen molar-refractivity contribution < 1.29 is 14.7 Å². The molecule has 0 radical (unpaired) electrons. The first-order chi connectivity index (χ1) is 15.0. The number of halogens is 1. The van der Waals surface area contributed by atoms with Crippen molar-refractivity contribution >= 4 is 40.0 Å². The quantitative estimate of drug-likeness (QED) is 0.384. The number of fused-ring (bicyclic) bond motifs is 2. The molecule has 0 bridgehead atoms. The van der Waals surface area contributed by atoms with Gasteiger partial charge < -0.3 is 20.7 Å². The van der Waals surface area contributed by atoms with E-state index < -0.39 is 0 Å². The Hall–Kier alpha value is -3.61. The molecule has 154 valence electrons. The van der Waals surface area contributed by atoms with Gasteiger partial charge in [-0.2, -0.15) is 0 Å². The summed E-state index contributed by atoms with van der Waals surface area (Å²) in [6, 6.07) is 18.0. The number of anilines is 1. The second kappa shape index (κ2) is 7.58. The van der Waals surface area contributed by atoms with Crippen LogP contribution in [0.5, 0.6) is 0 Å². The Labute approximate surface area is 182 Å². The van der Waals surface area contributed by atoms with Crippen molar-refractivity contribution in [2.45, 2.75) is 13.2 Å². The fourth-order valence-corrected chi connectivity index (χ4v) is 4.15. The molecule has 6 nitrogen and oxygen atoms in total. The van der Waals surface area contributed by atoms with Crippen molar-refractivity contribution in [3.05, 3.63) is 87.9 Å². The van der Waals surface area contributed by atoms with Gasteiger partial charge >= 0.3 is 0 Å². The largest absolute Gasteiger partial charge is 0.392 e. The van der Waals surface area contributed by atoms with E-state index in [1.807, 2.05) is 24.3 Å². The molecule has 0 spiro atoms. The van der Waals surface area contributed by atoms with Crippen molar-refractivity contribution in [3.8, 4) is 11.3 Å². The van der Waals surface area contributed by atoms with Crippen LogP contribution in [0.3, 0.4) is 0 Å². The van der Waals surface area contributed by atoms with Crippen LogP contribution in [0.2, 0.25) is 5.02 Å². The van der Waals surface area contributed by atoms with Crippen LogP contribution in [-0.2, 0) is 13.2 Å². The Kier molecular flexibility index (Phi) is 4.73. The van der Waals surface area contributed by atoms with Gasteiger partial charge in [-0.3, -0.25) is 9.59 Å². The molecule has 1 aliphatic heterocycles. The van der Waals surface area contributed by atoms with Gasteiger partial charge in [0, 0.05) is 56.1 Å². The number of aromatic amines is 1. The molecule has 1 aliphatic rings. The summed E-state index contributed by atoms with van der Waals surface area (Å²) in [7, 11) is 0. The first-order valence-corrected chi connectivity index (χ1v) is 10.2. The van der Waals surface area contributed by atoms with Crippen LogP contribution in [0.4, 0.5) is 5.69 Å². The van der Waals surface area contributed by atoms with Crippen LogP contribution in [0, 0.1) is 0 Å². The summed E-state index contributed by atoms with van der Waals surface area (Å²) in [6.45, 7) is 0.260. The highest BCUT2D eigenvalue weighted by Crippen LogP contribution is 2.34. The molecule has 0 atom stereocenters. The van der Waals surface area contributed by atoms with Crippen LogP contribution in [0.1, 0.15) is 31.8 Å². The van der Waals surface area contributed by atoms with Gasteiger partial charge in [-0.05, 0) is 36.4 Å². The number of benzene rings is 3. The maximum Gasteiger partial charge on any atom is 0.255 e. The maximum absolute atomic E-state index is 12.8. The normalized spacial score (nSPS) is 12.6. The highest BCUT2D eigenvalue weighted by Gasteiger charge is 2.26. The molecule has 0 saturated carbocycles. The molecular weight excluding hydrogens is 414 g/mol. The van der Waals surface area contributed by atoms with Crippen molar-refractivity contribution in [2.24, 2.45) is 0 Å². The monoisotopic (exact) mass is 431 g/mol. The number of aromatic nitrogens is 1. The van der Waals surface area contributed by atoms with Gasteiger partial charge in [-0.15, -0.1) is 0 Å². The molecule has 31 heavy (non-hydrogen) atoms. The second-order valence-corrected chi connectivity index (χ2v) is 7.79. The highest BCUT2D eigenvalue weighted by molar-refractivity contribution is 6.32. The van der Waals surface area contributed by atoms with E-state index in [1.165, 1.54) is 0 Å². The molecule has 2 heterocycles. The number of rotatable bonds is 4. The third-order valence-electron chi connectivity index (χ3n) is 5.52. The third-order valence-corrected chi connectivity index (χ3v) is 5.87. The number of nitrogens with one attached hydrogen (secondary N) is 3. The predicted octanol–water partition coefficient (Wildman–Crippen LogP) is 4.48. The zero-order chi connectivity index (χ0) is 21.5. The Morgan fingerprint density at radius 1 is 1.10 bits per heavy atom. The lowest BCUT2D eigenvalue weighted by atomic mass is 10.0. The van der Waals surface area contributed by atoms with Crippen LogP contribution >= 0.6 is 11.6 Å². The number of carbonyl (C=O) groups excluding carboxylic acids is 2. The average Bonchev–Trinajstić information content (AvgIpc) is 3.38. The SMILES string of the molecule is O=C(Nc1ccccc1CO)c1ccc2[nH]c(-c3ccc(Cl)c4c3C(=O)NC4)cc2c1. The predicted molar refractivity (Wildman–Crippen MR) is 120 cm³/mol. The summed E-state index contributed by atoms with van der Waals surface area (Å²) in [6.07, 6.45) is 0. The zero-order valence-electron chi connectivity index (χ0n) is 16.3. The Bertz CT molecular complexity index is 1360. The standard InChI is InChI=1S/C24H18ClN3O3/c25-18-7-6-16(22-17(18)11-26-24(22)31)21-10-15-9-13(5-8-20(15)27-21)23(30)28-19-4-2-1-3-14(19)12-29/h1-10,27,29H,11-12H2,(H,26,31)(H,28,30). The molecule has 0 aliphatic carbocycles. The summed E-state index contributed by atoms with van der Waals surface area (Å²) in [5.74, 6) is -0.411. The number of aliphatic hydroxyl groups is 1. The van der Waals surface area contributed by atoms with Crippen LogP contribution in [-0.4, -0.2) is 21.9 Å². The summed E-state index contributed by atoms with van der Waals surface area (Å²) < 4.78 is 0. The van der Waals surface area contributed by atoms with E-state index >= 15 is 0 Å². The number of hydrogen-bond donors (Lipinski definition) is 4. The van der Waals surface area contributed by atoms with E-state index in [-0.39, 0.29) is 18.4 Å². The first-order valence-electron chi connectivity index (χ1n) is 9.78. The summed E-state index contributed by atoms with van der Waals surface area (Å²) in [4.78, 5) is 28.4. The van der Waals surface area contributed by atoms with Gasteiger partial charge in [0.1, 0.15) is 0 Å². The molecule has 5 rings (SSSR count). The molecule has 4 aromatic rings. The fraction of sp³-hybridized carbons (Fsp3) is 0.0833. The molecular formula is C24H18ClN3O3. The summed E-state index contributed by atoms with van der Waals surface area (Å²) in [5.41, 5.74) is 5.50. The number of H-pyrrole nitrogens is 1. The lowest BCUT2D eigenvalue weighted by Crippen LogP contribution is -2.13. The number of hydrogen-bond acceptors (Lipinski definition) is 3. The molecule has 1 aromatic heterocycles. The topological polar surface area (TPSA) is 94.2 Å². The van der Waals surface area contributed by atoms with Crippen molar-refractivity contribution in [1.29, 1.82) is 0 Å². The number of para-hydroxylation sites is 1.